The van der Waals surface area contributed by atoms with E-state index < -0.39 is 48.9 Å². The molecule has 5 rings (SSSR count). The number of urea groups is 1. The van der Waals surface area contributed by atoms with Crippen LogP contribution in [0.15, 0.2) is 30.7 Å². The van der Waals surface area contributed by atoms with E-state index in [1.807, 2.05) is 0 Å². The Morgan fingerprint density at radius 3 is 2.57 bits per heavy atom. The molecule has 2 amide bonds. The van der Waals surface area contributed by atoms with Crippen LogP contribution >= 0.6 is 0 Å². The van der Waals surface area contributed by atoms with Gasteiger partial charge in [-0.3, -0.25) is 10.1 Å². The third kappa shape index (κ3) is 4.19. The summed E-state index contributed by atoms with van der Waals surface area (Å²) in [5.74, 6) is 0. The predicted molar refractivity (Wildman–Crippen MR) is 111 cm³/mol. The molecule has 1 saturated carbocycles. The number of rotatable bonds is 3. The number of piperidine rings is 1. The number of hydrogen-bond acceptors (Lipinski definition) is 4. The van der Waals surface area contributed by atoms with Crippen molar-refractivity contribution in [2.45, 2.75) is 55.7 Å². The van der Waals surface area contributed by atoms with Crippen LogP contribution < -0.4 is 5.32 Å². The minimum absolute atomic E-state index is 0.170. The molecule has 4 heterocycles. The van der Waals surface area contributed by atoms with Crippen molar-refractivity contribution >= 4 is 22.6 Å². The van der Waals surface area contributed by atoms with E-state index in [-0.39, 0.29) is 29.1 Å². The number of carbonyl (C=O) groups excluding carboxylic acids is 1. The predicted octanol–water partition coefficient (Wildman–Crippen LogP) is 4.44. The van der Waals surface area contributed by atoms with Crippen LogP contribution in [-0.4, -0.2) is 65.8 Å². The number of aromatic amines is 1. The molecule has 3 N–H and O–H groups in total. The number of aliphatic hydroxyl groups is 1. The summed E-state index contributed by atoms with van der Waals surface area (Å²) in [6.07, 6.45) is -5.80. The van der Waals surface area contributed by atoms with Gasteiger partial charge in [0, 0.05) is 42.7 Å². The lowest BCUT2D eigenvalue weighted by Crippen LogP contribution is -2.60. The molecular weight excluding hydrogens is 482 g/mol. The molecule has 1 unspecified atom stereocenters. The first-order chi connectivity index (χ1) is 16.3. The van der Waals surface area contributed by atoms with Crippen LogP contribution in [0.3, 0.4) is 0 Å². The van der Waals surface area contributed by atoms with Gasteiger partial charge in [0.1, 0.15) is 12.2 Å². The molecule has 3 aromatic rings. The summed E-state index contributed by atoms with van der Waals surface area (Å²) in [7, 11) is 0. The zero-order valence-electron chi connectivity index (χ0n) is 18.0. The summed E-state index contributed by atoms with van der Waals surface area (Å²) in [5.41, 5.74) is -3.02. The topological polar surface area (TPSA) is 99.1 Å². The second-order valence-electron chi connectivity index (χ2n) is 9.11. The van der Waals surface area contributed by atoms with Crippen molar-refractivity contribution < 1.29 is 36.2 Å². The number of fused-ring (bicyclic) bond motifs is 1. The molecule has 35 heavy (non-hydrogen) atoms. The minimum atomic E-state index is -4.79. The van der Waals surface area contributed by atoms with Gasteiger partial charge >= 0.3 is 18.4 Å². The maximum Gasteiger partial charge on any atom is 0.417 e. The van der Waals surface area contributed by atoms with Crippen molar-refractivity contribution in [3.8, 4) is 11.4 Å². The fourth-order valence-electron chi connectivity index (χ4n) is 4.72. The first-order valence-electron chi connectivity index (χ1n) is 10.7. The Balaban J connectivity index is 1.37. The summed E-state index contributed by atoms with van der Waals surface area (Å²) in [4.78, 5) is 18.5. The maximum absolute atomic E-state index is 13.3. The van der Waals surface area contributed by atoms with Gasteiger partial charge < -0.3 is 19.9 Å². The molecule has 1 atom stereocenters. The highest BCUT2D eigenvalue weighted by Crippen LogP contribution is 2.55. The molecule has 1 spiro atoms. The number of hydrogen-bond donors (Lipinski definition) is 3. The van der Waals surface area contributed by atoms with Crippen molar-refractivity contribution in [1.29, 1.82) is 0 Å². The largest absolute Gasteiger partial charge is 0.417 e. The SMILES string of the molecule is O=C(Nc1cn[nH]c1-c1cc2c(ccn2CC(F)(F)F)cn1)N1CCC(O)(C(F)(F)F)CC12CC2. The van der Waals surface area contributed by atoms with Crippen LogP contribution in [0, 0.1) is 0 Å². The summed E-state index contributed by atoms with van der Waals surface area (Å²) in [6.45, 7) is -1.47. The van der Waals surface area contributed by atoms with Gasteiger partial charge in [0.05, 0.1) is 23.1 Å². The summed E-state index contributed by atoms with van der Waals surface area (Å²) < 4.78 is 79.7. The molecule has 0 bridgehead atoms. The van der Waals surface area contributed by atoms with E-state index in [1.54, 1.807) is 0 Å². The molecule has 0 radical (unpaired) electrons. The Morgan fingerprint density at radius 1 is 1.17 bits per heavy atom. The summed E-state index contributed by atoms with van der Waals surface area (Å²) in [5, 5.41) is 19.8. The first kappa shape index (κ1) is 23.5. The van der Waals surface area contributed by atoms with Gasteiger partial charge in [-0.05, 0) is 25.0 Å². The Bertz CT molecular complexity index is 1280. The molecule has 2 aliphatic rings. The minimum Gasteiger partial charge on any atom is -0.380 e. The molecular formula is C21H20F6N6O2. The number of amides is 2. The number of likely N-dealkylation sites (tertiary alicyclic amines) is 1. The third-order valence-corrected chi connectivity index (χ3v) is 6.69. The van der Waals surface area contributed by atoms with Crippen LogP contribution in [0.5, 0.6) is 0 Å². The number of nitrogens with one attached hydrogen (secondary N) is 2. The molecule has 14 heteroatoms. The molecule has 3 aromatic heterocycles. The number of H-pyrrole nitrogens is 1. The zero-order chi connectivity index (χ0) is 25.2. The van der Waals surface area contributed by atoms with Crippen molar-refractivity contribution in [1.82, 2.24) is 24.6 Å². The highest BCUT2D eigenvalue weighted by atomic mass is 19.4. The van der Waals surface area contributed by atoms with E-state index >= 15 is 0 Å². The lowest BCUT2D eigenvalue weighted by Gasteiger charge is -2.45. The van der Waals surface area contributed by atoms with E-state index in [9.17, 15) is 36.2 Å². The number of nitrogens with zero attached hydrogens (tertiary/aromatic N) is 4. The summed E-state index contributed by atoms with van der Waals surface area (Å²) in [6, 6.07) is 2.27. The monoisotopic (exact) mass is 502 g/mol. The van der Waals surface area contributed by atoms with Crippen molar-refractivity contribution in [2.24, 2.45) is 0 Å². The lowest BCUT2D eigenvalue weighted by atomic mass is 9.84. The fraction of sp³-hybridized carbons (Fsp3) is 0.476. The fourth-order valence-corrected chi connectivity index (χ4v) is 4.72. The van der Waals surface area contributed by atoms with E-state index in [0.29, 0.717) is 18.2 Å². The Hall–Kier alpha value is -3.29. The summed E-state index contributed by atoms with van der Waals surface area (Å²) >= 11 is 0. The maximum atomic E-state index is 13.3. The quantitative estimate of drug-likeness (QED) is 0.461. The van der Waals surface area contributed by atoms with Crippen molar-refractivity contribution in [3.05, 3.63) is 30.7 Å². The van der Waals surface area contributed by atoms with Crippen LogP contribution in [0.4, 0.5) is 36.8 Å². The van der Waals surface area contributed by atoms with Gasteiger partial charge in [-0.2, -0.15) is 31.4 Å². The number of alkyl halides is 6. The highest BCUT2D eigenvalue weighted by Gasteiger charge is 2.65. The Kier molecular flexibility index (Phi) is 5.09. The van der Waals surface area contributed by atoms with Crippen molar-refractivity contribution in [3.63, 3.8) is 0 Å². The molecule has 8 nitrogen and oxygen atoms in total. The van der Waals surface area contributed by atoms with E-state index in [4.69, 9.17) is 0 Å². The molecule has 1 aliphatic carbocycles. The number of pyridine rings is 1. The smallest absolute Gasteiger partial charge is 0.380 e. The van der Waals surface area contributed by atoms with Gasteiger partial charge in [-0.25, -0.2) is 4.79 Å². The molecule has 0 aromatic carbocycles. The van der Waals surface area contributed by atoms with Crippen LogP contribution in [0.2, 0.25) is 0 Å². The second-order valence-corrected chi connectivity index (χ2v) is 9.11. The van der Waals surface area contributed by atoms with Crippen LogP contribution in [-0.2, 0) is 6.54 Å². The second kappa shape index (κ2) is 7.60. The van der Waals surface area contributed by atoms with Gasteiger partial charge in [-0.1, -0.05) is 0 Å². The van der Waals surface area contributed by atoms with E-state index in [2.05, 4.69) is 20.5 Å². The average molecular weight is 502 g/mol. The van der Waals surface area contributed by atoms with Gasteiger partial charge in [-0.15, -0.1) is 0 Å². The molecule has 1 aliphatic heterocycles. The van der Waals surface area contributed by atoms with Gasteiger partial charge in [0.25, 0.3) is 0 Å². The number of aromatic nitrogens is 4. The van der Waals surface area contributed by atoms with E-state index in [0.717, 1.165) is 4.57 Å². The van der Waals surface area contributed by atoms with E-state index in [1.165, 1.54) is 35.6 Å². The average Bonchev–Trinajstić information content (AvgIpc) is 3.16. The van der Waals surface area contributed by atoms with Crippen LogP contribution in [0.1, 0.15) is 25.7 Å². The third-order valence-electron chi connectivity index (χ3n) is 6.69. The normalized spacial score (nSPS) is 22.1. The number of carbonyl (C=O) groups is 1. The number of anilines is 1. The van der Waals surface area contributed by atoms with Crippen LogP contribution in [0.25, 0.3) is 22.3 Å². The van der Waals surface area contributed by atoms with Gasteiger partial charge in [0.2, 0.25) is 0 Å². The standard InChI is InChI=1S/C21H20F6N6O2/c22-20(23,24)11-32-5-1-12-8-28-13(7-15(12)32)16-14(9-29-31-16)30-17(34)33-6-4-19(35,21(25,26)27)10-18(33)2-3-18/h1,5,7-9,35H,2-4,6,10-11H2,(H,29,31)(H,30,34). The molecule has 1 saturated heterocycles. The molecule has 2 fully saturated rings. The van der Waals surface area contributed by atoms with Crippen molar-refractivity contribution in [2.75, 3.05) is 11.9 Å². The van der Waals surface area contributed by atoms with Gasteiger partial charge in [0.15, 0.2) is 5.60 Å². The number of halogens is 6. The Labute approximate surface area is 193 Å². The first-order valence-corrected chi connectivity index (χ1v) is 10.7. The lowest BCUT2D eigenvalue weighted by molar-refractivity contribution is -0.277. The zero-order valence-corrected chi connectivity index (χ0v) is 18.0. The molecule has 188 valence electrons. The highest BCUT2D eigenvalue weighted by molar-refractivity contribution is 5.94. The Morgan fingerprint density at radius 2 is 1.91 bits per heavy atom.